The minimum atomic E-state index is -0.145. The number of rotatable bonds is 4. The number of aromatic nitrogens is 2. The number of nitrogens with zero attached hydrogens (tertiary/aromatic N) is 2. The van der Waals surface area contributed by atoms with Crippen molar-refractivity contribution in [3.05, 3.63) is 70.8 Å². The van der Waals surface area contributed by atoms with Crippen molar-refractivity contribution in [3.63, 3.8) is 0 Å². The van der Waals surface area contributed by atoms with Gasteiger partial charge in [0.1, 0.15) is 6.33 Å². The molecule has 6 heteroatoms. The molecular formula is C21H21N3O3. The Bertz CT molecular complexity index is 1020. The summed E-state index contributed by atoms with van der Waals surface area (Å²) < 4.78 is 7.10. The molecule has 138 valence electrons. The first-order chi connectivity index (χ1) is 13.1. The molecule has 27 heavy (non-hydrogen) atoms. The Morgan fingerprint density at radius 2 is 2.00 bits per heavy atom. The van der Waals surface area contributed by atoms with Gasteiger partial charge in [-0.15, -0.1) is 0 Å². The van der Waals surface area contributed by atoms with Crippen LogP contribution in [-0.2, 0) is 4.74 Å². The van der Waals surface area contributed by atoms with Gasteiger partial charge in [0.2, 0.25) is 0 Å². The lowest BCUT2D eigenvalue weighted by atomic mass is 10.1. The van der Waals surface area contributed by atoms with Crippen molar-refractivity contribution in [2.24, 2.45) is 0 Å². The summed E-state index contributed by atoms with van der Waals surface area (Å²) >= 11 is 0. The summed E-state index contributed by atoms with van der Waals surface area (Å²) in [6.07, 6.45) is 3.60. The van der Waals surface area contributed by atoms with E-state index in [4.69, 9.17) is 4.74 Å². The van der Waals surface area contributed by atoms with Gasteiger partial charge < -0.3 is 10.1 Å². The Labute approximate surface area is 156 Å². The van der Waals surface area contributed by atoms with E-state index >= 15 is 0 Å². The number of benzene rings is 2. The molecule has 2 atom stereocenters. The number of carbonyl (C=O) groups is 1. The molecule has 0 unspecified atom stereocenters. The molecule has 6 nitrogen and oxygen atoms in total. The van der Waals surface area contributed by atoms with Gasteiger partial charge in [-0.3, -0.25) is 14.2 Å². The van der Waals surface area contributed by atoms with Crippen LogP contribution in [0.5, 0.6) is 0 Å². The number of carbonyl (C=O) groups excluding carboxylic acids is 1. The number of nitrogens with one attached hydrogen (secondary N) is 1. The van der Waals surface area contributed by atoms with E-state index in [1.54, 1.807) is 30.3 Å². The minimum Gasteiger partial charge on any atom is -0.376 e. The fourth-order valence-electron chi connectivity index (χ4n) is 3.41. The predicted molar refractivity (Wildman–Crippen MR) is 103 cm³/mol. The number of hydrogen-bond acceptors (Lipinski definition) is 4. The van der Waals surface area contributed by atoms with Gasteiger partial charge in [0.25, 0.3) is 11.5 Å². The van der Waals surface area contributed by atoms with Crippen LogP contribution in [0.25, 0.3) is 16.6 Å². The number of ether oxygens (including phenoxy) is 1. The minimum absolute atomic E-state index is 0.0352. The third kappa shape index (κ3) is 3.48. The standard InChI is InChI=1S/C21H21N3O3/c1-14(19-7-4-12-27-19)23-20(25)15-8-10-16(11-9-15)24-13-22-18-6-3-2-5-17(18)21(24)26/h2-3,5-6,8-11,13-14,19H,4,7,12H2,1H3,(H,23,25)/t14-,19+/m1/s1. The Hall–Kier alpha value is -2.99. The van der Waals surface area contributed by atoms with Crippen molar-refractivity contribution in [3.8, 4) is 5.69 Å². The van der Waals surface area contributed by atoms with Crippen LogP contribution in [0.4, 0.5) is 0 Å². The lowest BCUT2D eigenvalue weighted by molar-refractivity contribution is 0.0712. The van der Waals surface area contributed by atoms with Gasteiger partial charge in [-0.1, -0.05) is 12.1 Å². The highest BCUT2D eigenvalue weighted by Crippen LogP contribution is 2.16. The largest absolute Gasteiger partial charge is 0.376 e. The molecule has 1 fully saturated rings. The van der Waals surface area contributed by atoms with Gasteiger partial charge in [-0.2, -0.15) is 0 Å². The van der Waals surface area contributed by atoms with Crippen LogP contribution < -0.4 is 10.9 Å². The summed E-state index contributed by atoms with van der Waals surface area (Å²) in [6.45, 7) is 2.72. The Kier molecular flexibility index (Phi) is 4.73. The molecule has 0 aliphatic carbocycles. The lowest BCUT2D eigenvalue weighted by Crippen LogP contribution is -2.40. The molecule has 1 amide bonds. The average Bonchev–Trinajstić information content (AvgIpc) is 3.24. The third-order valence-corrected chi connectivity index (χ3v) is 4.95. The molecule has 0 spiro atoms. The van der Waals surface area contributed by atoms with Crippen LogP contribution in [0.2, 0.25) is 0 Å². The van der Waals surface area contributed by atoms with Crippen LogP contribution in [0.1, 0.15) is 30.1 Å². The van der Waals surface area contributed by atoms with Crippen LogP contribution in [0.15, 0.2) is 59.7 Å². The fraction of sp³-hybridized carbons (Fsp3) is 0.286. The molecule has 1 aromatic heterocycles. The molecule has 1 saturated heterocycles. The van der Waals surface area contributed by atoms with Gasteiger partial charge in [0, 0.05) is 12.2 Å². The second-order valence-corrected chi connectivity index (χ2v) is 6.80. The molecule has 0 radical (unpaired) electrons. The molecular weight excluding hydrogens is 342 g/mol. The quantitative estimate of drug-likeness (QED) is 0.773. The van der Waals surface area contributed by atoms with Gasteiger partial charge >= 0.3 is 0 Å². The first kappa shape index (κ1) is 17.4. The van der Waals surface area contributed by atoms with Crippen LogP contribution in [0.3, 0.4) is 0 Å². The molecule has 2 aromatic carbocycles. The number of hydrogen-bond donors (Lipinski definition) is 1. The SMILES string of the molecule is C[C@@H](NC(=O)c1ccc(-n2cnc3ccccc3c2=O)cc1)[C@@H]1CCCO1. The topological polar surface area (TPSA) is 73.2 Å². The summed E-state index contributed by atoms with van der Waals surface area (Å²) in [5, 5.41) is 3.55. The van der Waals surface area contributed by atoms with Crippen LogP contribution in [-0.4, -0.2) is 34.2 Å². The Morgan fingerprint density at radius 3 is 2.74 bits per heavy atom. The van der Waals surface area contributed by atoms with Gasteiger partial charge in [-0.05, 0) is 56.2 Å². The van der Waals surface area contributed by atoms with Crippen LogP contribution >= 0.6 is 0 Å². The third-order valence-electron chi connectivity index (χ3n) is 4.95. The second kappa shape index (κ2) is 7.32. The normalized spacial score (nSPS) is 17.7. The zero-order chi connectivity index (χ0) is 18.8. The Morgan fingerprint density at radius 1 is 1.22 bits per heavy atom. The number of para-hydroxylation sites is 1. The number of fused-ring (bicyclic) bond motifs is 1. The molecule has 1 aliphatic heterocycles. The van der Waals surface area contributed by atoms with E-state index in [-0.39, 0.29) is 23.6 Å². The number of amides is 1. The summed E-state index contributed by atoms with van der Waals surface area (Å²) in [5.74, 6) is -0.145. The smallest absolute Gasteiger partial charge is 0.265 e. The summed E-state index contributed by atoms with van der Waals surface area (Å²) in [5.41, 5.74) is 1.75. The van der Waals surface area contributed by atoms with E-state index in [2.05, 4.69) is 10.3 Å². The van der Waals surface area contributed by atoms with Crippen molar-refractivity contribution in [1.29, 1.82) is 0 Å². The Balaban J connectivity index is 1.54. The van der Waals surface area contributed by atoms with Crippen molar-refractivity contribution in [2.45, 2.75) is 31.9 Å². The summed E-state index contributed by atoms with van der Waals surface area (Å²) in [4.78, 5) is 29.5. The summed E-state index contributed by atoms with van der Waals surface area (Å²) in [7, 11) is 0. The van der Waals surface area contributed by atoms with Crippen molar-refractivity contribution < 1.29 is 9.53 Å². The molecule has 1 aliphatic rings. The average molecular weight is 363 g/mol. The zero-order valence-electron chi connectivity index (χ0n) is 15.1. The maximum Gasteiger partial charge on any atom is 0.265 e. The summed E-state index contributed by atoms with van der Waals surface area (Å²) in [6, 6.07) is 14.1. The maximum atomic E-state index is 12.7. The predicted octanol–water partition coefficient (Wildman–Crippen LogP) is 2.68. The molecule has 2 heterocycles. The molecule has 0 bridgehead atoms. The van der Waals surface area contributed by atoms with Gasteiger partial charge in [0.05, 0.1) is 28.7 Å². The first-order valence-corrected chi connectivity index (χ1v) is 9.13. The highest BCUT2D eigenvalue weighted by molar-refractivity contribution is 5.94. The molecule has 0 saturated carbocycles. The van der Waals surface area contributed by atoms with Crippen molar-refractivity contribution in [2.75, 3.05) is 6.61 Å². The van der Waals surface area contributed by atoms with Crippen LogP contribution in [0, 0.1) is 0 Å². The highest BCUT2D eigenvalue weighted by atomic mass is 16.5. The van der Waals surface area contributed by atoms with E-state index in [1.807, 2.05) is 25.1 Å². The highest BCUT2D eigenvalue weighted by Gasteiger charge is 2.23. The first-order valence-electron chi connectivity index (χ1n) is 9.13. The van der Waals surface area contributed by atoms with E-state index in [0.29, 0.717) is 22.2 Å². The van der Waals surface area contributed by atoms with E-state index in [1.165, 1.54) is 10.9 Å². The van der Waals surface area contributed by atoms with E-state index in [0.717, 1.165) is 19.4 Å². The molecule has 4 rings (SSSR count). The van der Waals surface area contributed by atoms with Crippen molar-refractivity contribution >= 4 is 16.8 Å². The van der Waals surface area contributed by atoms with E-state index in [9.17, 15) is 9.59 Å². The van der Waals surface area contributed by atoms with Gasteiger partial charge in [0.15, 0.2) is 0 Å². The fourth-order valence-corrected chi connectivity index (χ4v) is 3.41. The zero-order valence-corrected chi connectivity index (χ0v) is 15.1. The monoisotopic (exact) mass is 363 g/mol. The molecule has 3 aromatic rings. The van der Waals surface area contributed by atoms with Crippen molar-refractivity contribution in [1.82, 2.24) is 14.9 Å². The lowest BCUT2D eigenvalue weighted by Gasteiger charge is -2.20. The van der Waals surface area contributed by atoms with Gasteiger partial charge in [-0.25, -0.2) is 4.98 Å². The maximum absolute atomic E-state index is 12.7. The molecule has 1 N–H and O–H groups in total. The second-order valence-electron chi connectivity index (χ2n) is 6.80. The van der Waals surface area contributed by atoms with E-state index < -0.39 is 0 Å².